The predicted octanol–water partition coefficient (Wildman–Crippen LogP) is 2.18. The lowest BCUT2D eigenvalue weighted by Crippen LogP contribution is -2.55. The molecule has 0 aromatic rings. The fourth-order valence-corrected chi connectivity index (χ4v) is 5.78. The third-order valence-corrected chi connectivity index (χ3v) is 8.07. The van der Waals surface area contributed by atoms with Gasteiger partial charge < -0.3 is 20.4 Å². The number of piperazine rings is 1. The summed E-state index contributed by atoms with van der Waals surface area (Å²) in [7, 11) is 4.16. The van der Waals surface area contributed by atoms with Gasteiger partial charge in [-0.1, -0.05) is 20.8 Å². The van der Waals surface area contributed by atoms with Crippen LogP contribution in [0, 0.1) is 11.3 Å². The topological polar surface area (TPSA) is 71.7 Å². The highest BCUT2D eigenvalue weighted by atomic mass is 16.2. The fraction of sp³-hybridized carbons (Fsp3) is 0.714. The lowest BCUT2D eigenvalue weighted by atomic mass is 9.92. The number of hydrogen-bond donors (Lipinski definition) is 1. The number of carbonyl (C=O) groups is 1. The van der Waals surface area contributed by atoms with Crippen molar-refractivity contribution in [1.82, 2.24) is 24.5 Å². The Morgan fingerprint density at radius 1 is 1.03 bits per heavy atom. The van der Waals surface area contributed by atoms with E-state index in [0.717, 1.165) is 76.7 Å². The fourth-order valence-electron chi connectivity index (χ4n) is 5.78. The monoisotopic (exact) mass is 497 g/mol. The number of aliphatic imine (C=N–C) groups is 1. The van der Waals surface area contributed by atoms with Gasteiger partial charge in [-0.25, -0.2) is 4.99 Å². The van der Waals surface area contributed by atoms with E-state index in [-0.39, 0.29) is 17.5 Å². The quantitative estimate of drug-likeness (QED) is 0.628. The first-order valence-corrected chi connectivity index (χ1v) is 13.6. The van der Waals surface area contributed by atoms with Crippen LogP contribution in [0.3, 0.4) is 0 Å². The molecule has 8 heteroatoms. The molecule has 0 radical (unpaired) electrons. The van der Waals surface area contributed by atoms with Crippen LogP contribution in [0.2, 0.25) is 0 Å². The van der Waals surface area contributed by atoms with Gasteiger partial charge in [0.25, 0.3) is 0 Å². The first kappa shape index (κ1) is 26.9. The molecule has 2 N–H and O–H groups in total. The Kier molecular flexibility index (Phi) is 8.27. The number of likely N-dealkylation sites (N-methyl/N-ethyl adjacent to an activating group) is 2. The van der Waals surface area contributed by atoms with E-state index in [0.29, 0.717) is 11.9 Å². The summed E-state index contributed by atoms with van der Waals surface area (Å²) < 4.78 is 0. The summed E-state index contributed by atoms with van der Waals surface area (Å²) >= 11 is 0. The molecule has 0 aliphatic carbocycles. The highest BCUT2D eigenvalue weighted by Crippen LogP contribution is 2.26. The van der Waals surface area contributed by atoms with Crippen molar-refractivity contribution >= 4 is 11.7 Å². The number of rotatable bonds is 5. The van der Waals surface area contributed by atoms with E-state index in [1.807, 2.05) is 11.9 Å². The van der Waals surface area contributed by atoms with Crippen LogP contribution < -0.4 is 5.73 Å². The van der Waals surface area contributed by atoms with E-state index in [2.05, 4.69) is 78.8 Å². The summed E-state index contributed by atoms with van der Waals surface area (Å²) in [5.41, 5.74) is 8.54. The van der Waals surface area contributed by atoms with E-state index in [9.17, 15) is 4.79 Å². The number of amidine groups is 1. The highest BCUT2D eigenvalue weighted by molar-refractivity contribution is 5.89. The summed E-state index contributed by atoms with van der Waals surface area (Å²) in [5, 5.41) is 0. The van der Waals surface area contributed by atoms with Crippen LogP contribution in [0.25, 0.3) is 0 Å². The van der Waals surface area contributed by atoms with Gasteiger partial charge in [-0.3, -0.25) is 14.6 Å². The lowest BCUT2D eigenvalue weighted by Gasteiger charge is -2.42. The van der Waals surface area contributed by atoms with Crippen molar-refractivity contribution < 1.29 is 4.79 Å². The predicted molar refractivity (Wildman–Crippen MR) is 147 cm³/mol. The van der Waals surface area contributed by atoms with Gasteiger partial charge in [0.2, 0.25) is 5.91 Å². The number of allylic oxidation sites excluding steroid dienone is 1. The van der Waals surface area contributed by atoms with Crippen molar-refractivity contribution in [3.05, 3.63) is 35.7 Å². The molecule has 2 fully saturated rings. The molecule has 36 heavy (non-hydrogen) atoms. The molecule has 4 aliphatic heterocycles. The minimum absolute atomic E-state index is 0.0246. The third kappa shape index (κ3) is 6.39. The summed E-state index contributed by atoms with van der Waals surface area (Å²) in [6.07, 6.45) is 10.5. The van der Waals surface area contributed by atoms with Crippen molar-refractivity contribution in [2.75, 3.05) is 66.5 Å². The van der Waals surface area contributed by atoms with Gasteiger partial charge >= 0.3 is 0 Å². The smallest absolute Gasteiger partial charge is 0.225 e. The Hall–Kier alpha value is -2.16. The maximum atomic E-state index is 13.3. The molecule has 0 aromatic heterocycles. The van der Waals surface area contributed by atoms with E-state index in [1.165, 1.54) is 5.57 Å². The molecule has 4 rings (SSSR count). The maximum absolute atomic E-state index is 13.3. The first-order valence-electron chi connectivity index (χ1n) is 13.6. The third-order valence-electron chi connectivity index (χ3n) is 8.07. The molecule has 4 aliphatic rings. The largest absolute Gasteiger partial charge is 0.362 e. The Balaban J connectivity index is 1.21. The SMILES string of the molecule is CC1=CC(CN2CCN(C(=O)C3CCN(CC4=CC(N)N(C)C=C4)CC3)CC2)N(C)C(C(C)(C)C)=N1. The zero-order chi connectivity index (χ0) is 26.0. The van der Waals surface area contributed by atoms with Gasteiger partial charge in [0, 0.05) is 76.6 Å². The molecule has 4 heterocycles. The summed E-state index contributed by atoms with van der Waals surface area (Å²) in [4.78, 5) is 29.5. The Bertz CT molecular complexity index is 915. The molecule has 2 saturated heterocycles. The average molecular weight is 498 g/mol. The molecule has 200 valence electrons. The Morgan fingerprint density at radius 3 is 2.31 bits per heavy atom. The first-order chi connectivity index (χ1) is 17.0. The average Bonchev–Trinajstić information content (AvgIpc) is 2.83. The van der Waals surface area contributed by atoms with Gasteiger partial charge in [-0.05, 0) is 56.7 Å². The number of nitrogens with zero attached hydrogens (tertiary/aromatic N) is 6. The number of piperidine rings is 1. The summed E-state index contributed by atoms with van der Waals surface area (Å²) in [6.45, 7) is 16.2. The maximum Gasteiger partial charge on any atom is 0.225 e. The second-order valence-electron chi connectivity index (χ2n) is 12.1. The second kappa shape index (κ2) is 11.1. The van der Waals surface area contributed by atoms with Crippen LogP contribution in [0.5, 0.6) is 0 Å². The number of likely N-dealkylation sites (tertiary alicyclic amines) is 1. The normalized spacial score (nSPS) is 27.2. The van der Waals surface area contributed by atoms with Crippen LogP contribution in [0.15, 0.2) is 40.7 Å². The van der Waals surface area contributed by atoms with Gasteiger partial charge in [-0.15, -0.1) is 0 Å². The van der Waals surface area contributed by atoms with Crippen molar-refractivity contribution in [3.8, 4) is 0 Å². The lowest BCUT2D eigenvalue weighted by molar-refractivity contribution is -0.138. The number of amides is 1. The van der Waals surface area contributed by atoms with E-state index >= 15 is 0 Å². The van der Waals surface area contributed by atoms with Crippen molar-refractivity contribution in [2.24, 2.45) is 22.1 Å². The van der Waals surface area contributed by atoms with E-state index < -0.39 is 0 Å². The van der Waals surface area contributed by atoms with Crippen LogP contribution in [-0.2, 0) is 4.79 Å². The van der Waals surface area contributed by atoms with E-state index in [4.69, 9.17) is 10.7 Å². The molecule has 8 nitrogen and oxygen atoms in total. The molecular formula is C28H47N7O. The van der Waals surface area contributed by atoms with Gasteiger partial charge in [-0.2, -0.15) is 0 Å². The Labute approximate surface area is 218 Å². The van der Waals surface area contributed by atoms with Gasteiger partial charge in [0.1, 0.15) is 5.84 Å². The zero-order valence-electron chi connectivity index (χ0n) is 23.3. The van der Waals surface area contributed by atoms with Gasteiger partial charge in [0.15, 0.2) is 0 Å². The van der Waals surface area contributed by atoms with Crippen molar-refractivity contribution in [3.63, 3.8) is 0 Å². The van der Waals surface area contributed by atoms with Crippen molar-refractivity contribution in [1.29, 1.82) is 0 Å². The van der Waals surface area contributed by atoms with Crippen LogP contribution in [-0.4, -0.2) is 115 Å². The highest BCUT2D eigenvalue weighted by Gasteiger charge is 2.33. The van der Waals surface area contributed by atoms with Crippen molar-refractivity contribution in [2.45, 2.75) is 52.7 Å². The zero-order valence-corrected chi connectivity index (χ0v) is 23.3. The van der Waals surface area contributed by atoms with Crippen LogP contribution in [0.1, 0.15) is 40.5 Å². The number of nitrogens with two attached hydrogens (primary N) is 1. The second-order valence-corrected chi connectivity index (χ2v) is 12.1. The molecule has 1 amide bonds. The van der Waals surface area contributed by atoms with Crippen LogP contribution in [0.4, 0.5) is 0 Å². The molecular weight excluding hydrogens is 450 g/mol. The minimum Gasteiger partial charge on any atom is -0.362 e. The standard InChI is InChI=1S/C28H47N7O/c1-21-17-24(32(6)27(30-21)28(2,3)4)20-34-13-15-35(16-14-34)26(36)23-8-11-33(12-9-23)19-22-7-10-31(5)25(29)18-22/h7,10,17-18,23-25H,8-9,11-16,19-20,29H2,1-6H3. The van der Waals surface area contributed by atoms with Gasteiger partial charge in [0.05, 0.1) is 12.2 Å². The minimum atomic E-state index is -0.0463. The number of hydrogen-bond acceptors (Lipinski definition) is 7. The molecule has 0 spiro atoms. The van der Waals surface area contributed by atoms with Crippen LogP contribution >= 0.6 is 0 Å². The number of carbonyl (C=O) groups excluding carboxylic acids is 1. The molecule has 2 unspecified atom stereocenters. The molecule has 0 saturated carbocycles. The molecule has 0 bridgehead atoms. The molecule has 2 atom stereocenters. The summed E-state index contributed by atoms with van der Waals surface area (Å²) in [5.74, 6) is 1.68. The van der Waals surface area contributed by atoms with E-state index in [1.54, 1.807) is 0 Å². The molecule has 0 aromatic carbocycles. The summed E-state index contributed by atoms with van der Waals surface area (Å²) in [6, 6.07) is 0.326. The Morgan fingerprint density at radius 2 is 1.69 bits per heavy atom.